The average Bonchev–Trinajstić information content (AvgIpc) is 2.68. The fraction of sp³-hybridized carbons (Fsp3) is 0.429. The summed E-state index contributed by atoms with van der Waals surface area (Å²) < 4.78 is 16.6. The summed E-state index contributed by atoms with van der Waals surface area (Å²) in [6.07, 6.45) is 1.61. The molecular formula is C21H27BN2O6. The van der Waals surface area contributed by atoms with Crippen molar-refractivity contribution in [3.63, 3.8) is 0 Å². The second-order valence-electron chi connectivity index (χ2n) is 6.96. The molecule has 0 spiro atoms. The fourth-order valence-electron chi connectivity index (χ4n) is 3.39. The Kier molecular flexibility index (Phi) is 7.92. The monoisotopic (exact) mass is 414 g/mol. The van der Waals surface area contributed by atoms with Crippen LogP contribution >= 0.6 is 0 Å². The van der Waals surface area contributed by atoms with Crippen LogP contribution in [0, 0.1) is 18.3 Å². The van der Waals surface area contributed by atoms with Crippen LogP contribution in [0.1, 0.15) is 50.7 Å². The SMILES string of the molecule is CCCCOc1c(B(O)O)cc(C)cc1C1C(C#N)=C(N)OC(C)=C1C(=O)OCC. The molecule has 160 valence electrons. The number of aryl methyl sites for hydroxylation is 1. The van der Waals surface area contributed by atoms with Gasteiger partial charge in [0.2, 0.25) is 5.88 Å². The Morgan fingerprint density at radius 3 is 2.60 bits per heavy atom. The van der Waals surface area contributed by atoms with E-state index in [0.29, 0.717) is 17.7 Å². The van der Waals surface area contributed by atoms with Gasteiger partial charge in [0.25, 0.3) is 0 Å². The molecule has 0 saturated heterocycles. The lowest BCUT2D eigenvalue weighted by Gasteiger charge is -2.29. The minimum atomic E-state index is -1.80. The standard InChI is InChI=1S/C21H27BN2O6/c1-5-7-8-29-19-14(9-12(3)10-16(19)22(26)27)18-15(11-23)20(24)30-13(4)17(18)21(25)28-6-2/h9-10,18,26-27H,5-8,24H2,1-4H3. The van der Waals surface area contributed by atoms with Crippen molar-refractivity contribution >= 4 is 18.6 Å². The lowest BCUT2D eigenvalue weighted by atomic mass is 9.74. The molecule has 4 N–H and O–H groups in total. The molecule has 0 fully saturated rings. The lowest BCUT2D eigenvalue weighted by Crippen LogP contribution is -2.34. The summed E-state index contributed by atoms with van der Waals surface area (Å²) in [4.78, 5) is 12.8. The molecular weight excluding hydrogens is 387 g/mol. The summed E-state index contributed by atoms with van der Waals surface area (Å²) in [5.41, 5.74) is 7.35. The third-order valence-corrected chi connectivity index (χ3v) is 4.73. The molecule has 0 saturated carbocycles. The molecule has 1 aromatic carbocycles. The number of nitrogens with two attached hydrogens (primary N) is 1. The highest BCUT2D eigenvalue weighted by atomic mass is 16.5. The Hall–Kier alpha value is -2.96. The van der Waals surface area contributed by atoms with Crippen LogP contribution in [0.5, 0.6) is 5.75 Å². The van der Waals surface area contributed by atoms with Gasteiger partial charge in [0.15, 0.2) is 0 Å². The summed E-state index contributed by atoms with van der Waals surface area (Å²) in [6, 6.07) is 5.35. The maximum Gasteiger partial charge on any atom is 0.492 e. The van der Waals surface area contributed by atoms with Crippen LogP contribution in [-0.2, 0) is 14.3 Å². The zero-order chi connectivity index (χ0) is 22.4. The summed E-state index contributed by atoms with van der Waals surface area (Å²) in [5, 5.41) is 29.7. The second-order valence-corrected chi connectivity index (χ2v) is 6.96. The number of hydrogen-bond donors (Lipinski definition) is 3. The minimum absolute atomic E-state index is 0.0213. The van der Waals surface area contributed by atoms with Crippen molar-refractivity contribution in [3.05, 3.63) is 46.0 Å². The van der Waals surface area contributed by atoms with Gasteiger partial charge < -0.3 is 30.0 Å². The summed E-state index contributed by atoms with van der Waals surface area (Å²) in [7, 11) is -1.80. The van der Waals surface area contributed by atoms with Crippen molar-refractivity contribution in [2.24, 2.45) is 5.73 Å². The third kappa shape index (κ3) is 4.78. The molecule has 0 aliphatic carbocycles. The van der Waals surface area contributed by atoms with Gasteiger partial charge in [0, 0.05) is 11.0 Å². The van der Waals surface area contributed by atoms with E-state index in [9.17, 15) is 20.1 Å². The number of allylic oxidation sites excluding steroid dienone is 2. The summed E-state index contributed by atoms with van der Waals surface area (Å²) in [5.74, 6) is -1.29. The van der Waals surface area contributed by atoms with Crippen molar-refractivity contribution in [1.29, 1.82) is 5.26 Å². The molecule has 2 rings (SSSR count). The number of unbranched alkanes of at least 4 members (excludes halogenated alkanes) is 1. The van der Waals surface area contributed by atoms with Crippen LogP contribution in [0.4, 0.5) is 0 Å². The van der Waals surface area contributed by atoms with E-state index in [1.165, 1.54) is 0 Å². The van der Waals surface area contributed by atoms with Gasteiger partial charge in [-0.05, 0) is 27.2 Å². The number of hydrogen-bond acceptors (Lipinski definition) is 8. The molecule has 1 aliphatic heterocycles. The molecule has 30 heavy (non-hydrogen) atoms. The fourth-order valence-corrected chi connectivity index (χ4v) is 3.39. The molecule has 1 atom stereocenters. The van der Waals surface area contributed by atoms with Gasteiger partial charge in [-0.3, -0.25) is 0 Å². The summed E-state index contributed by atoms with van der Waals surface area (Å²) in [6.45, 7) is 7.47. The van der Waals surface area contributed by atoms with Gasteiger partial charge in [-0.2, -0.15) is 5.26 Å². The number of carbonyl (C=O) groups excluding carboxylic acids is 1. The highest BCUT2D eigenvalue weighted by molar-refractivity contribution is 6.59. The highest BCUT2D eigenvalue weighted by Gasteiger charge is 2.39. The van der Waals surface area contributed by atoms with Crippen molar-refractivity contribution in [1.82, 2.24) is 0 Å². The molecule has 8 nitrogen and oxygen atoms in total. The molecule has 1 unspecified atom stereocenters. The maximum absolute atomic E-state index is 12.8. The van der Waals surface area contributed by atoms with Crippen LogP contribution in [-0.4, -0.2) is 36.3 Å². The normalized spacial score (nSPS) is 16.1. The van der Waals surface area contributed by atoms with Crippen LogP contribution in [0.3, 0.4) is 0 Å². The predicted molar refractivity (Wildman–Crippen MR) is 111 cm³/mol. The second kappa shape index (κ2) is 10.2. The third-order valence-electron chi connectivity index (χ3n) is 4.73. The Morgan fingerprint density at radius 2 is 2.03 bits per heavy atom. The van der Waals surface area contributed by atoms with Gasteiger partial charge in [0.05, 0.1) is 24.7 Å². The van der Waals surface area contributed by atoms with Crippen molar-refractivity contribution in [2.45, 2.75) is 46.5 Å². The minimum Gasteiger partial charge on any atom is -0.494 e. The number of esters is 1. The first kappa shape index (κ1) is 23.3. The Bertz CT molecular complexity index is 917. The zero-order valence-electron chi connectivity index (χ0n) is 17.7. The molecule has 1 heterocycles. The predicted octanol–water partition coefficient (Wildman–Crippen LogP) is 1.50. The number of carbonyl (C=O) groups is 1. The molecule has 0 radical (unpaired) electrons. The van der Waals surface area contributed by atoms with E-state index in [2.05, 4.69) is 0 Å². The average molecular weight is 414 g/mol. The van der Waals surface area contributed by atoms with E-state index in [-0.39, 0.29) is 40.6 Å². The first-order valence-electron chi connectivity index (χ1n) is 9.85. The van der Waals surface area contributed by atoms with Crippen molar-refractivity contribution in [3.8, 4) is 11.8 Å². The number of rotatable bonds is 8. The van der Waals surface area contributed by atoms with Crippen molar-refractivity contribution in [2.75, 3.05) is 13.2 Å². The molecule has 9 heteroatoms. The van der Waals surface area contributed by atoms with E-state index in [1.807, 2.05) is 13.0 Å². The first-order valence-corrected chi connectivity index (χ1v) is 9.85. The van der Waals surface area contributed by atoms with Crippen LogP contribution in [0.2, 0.25) is 0 Å². The van der Waals surface area contributed by atoms with E-state index >= 15 is 0 Å². The van der Waals surface area contributed by atoms with Crippen LogP contribution in [0.15, 0.2) is 34.9 Å². The smallest absolute Gasteiger partial charge is 0.492 e. The van der Waals surface area contributed by atoms with Gasteiger partial charge in [-0.1, -0.05) is 31.0 Å². The van der Waals surface area contributed by atoms with E-state index in [0.717, 1.165) is 12.8 Å². The molecule has 0 aromatic heterocycles. The topological polar surface area (TPSA) is 135 Å². The maximum atomic E-state index is 12.8. The van der Waals surface area contributed by atoms with Crippen LogP contribution in [0.25, 0.3) is 0 Å². The quantitative estimate of drug-likeness (QED) is 0.331. The van der Waals surface area contributed by atoms with E-state index in [4.69, 9.17) is 19.9 Å². The zero-order valence-corrected chi connectivity index (χ0v) is 17.7. The number of benzene rings is 1. The highest BCUT2D eigenvalue weighted by Crippen LogP contribution is 2.43. The van der Waals surface area contributed by atoms with Crippen molar-refractivity contribution < 1.29 is 29.1 Å². The van der Waals surface area contributed by atoms with Gasteiger partial charge >= 0.3 is 13.1 Å². The first-order chi connectivity index (χ1) is 14.3. The summed E-state index contributed by atoms with van der Waals surface area (Å²) >= 11 is 0. The van der Waals surface area contributed by atoms with Gasteiger partial charge in [-0.15, -0.1) is 0 Å². The Balaban J connectivity index is 2.79. The molecule has 0 amide bonds. The molecule has 1 aromatic rings. The number of nitrogens with zero attached hydrogens (tertiary/aromatic N) is 1. The Labute approximate surface area is 176 Å². The van der Waals surface area contributed by atoms with E-state index in [1.54, 1.807) is 32.9 Å². The Morgan fingerprint density at radius 1 is 1.33 bits per heavy atom. The largest absolute Gasteiger partial charge is 0.494 e. The van der Waals surface area contributed by atoms with Gasteiger partial charge in [-0.25, -0.2) is 4.79 Å². The number of nitriles is 1. The van der Waals surface area contributed by atoms with E-state index < -0.39 is 19.0 Å². The van der Waals surface area contributed by atoms with Crippen LogP contribution < -0.4 is 15.9 Å². The molecule has 1 aliphatic rings. The van der Waals surface area contributed by atoms with Gasteiger partial charge in [0.1, 0.15) is 23.2 Å². The number of ether oxygens (including phenoxy) is 3. The lowest BCUT2D eigenvalue weighted by molar-refractivity contribution is -0.139. The molecule has 0 bridgehead atoms.